The summed E-state index contributed by atoms with van der Waals surface area (Å²) in [6, 6.07) is 15.4. The molecular formula is C28H28N2O5S2. The molecule has 1 aromatic heterocycles. The summed E-state index contributed by atoms with van der Waals surface area (Å²) in [6.07, 6.45) is 2.94. The number of methoxy groups -OCH3 is 1. The van der Waals surface area contributed by atoms with Crippen molar-refractivity contribution in [2.75, 3.05) is 30.5 Å². The van der Waals surface area contributed by atoms with E-state index in [1.54, 1.807) is 30.7 Å². The molecular weight excluding hydrogens is 508 g/mol. The van der Waals surface area contributed by atoms with Crippen LogP contribution in [-0.4, -0.2) is 38.0 Å². The Kier molecular flexibility index (Phi) is 7.53. The van der Waals surface area contributed by atoms with Gasteiger partial charge in [0.1, 0.15) is 17.3 Å². The normalized spacial score (nSPS) is 16.5. The predicted molar refractivity (Wildman–Crippen MR) is 146 cm³/mol. The van der Waals surface area contributed by atoms with Crippen LogP contribution in [0, 0.1) is 0 Å². The first-order valence-corrected chi connectivity index (χ1v) is 14.0. The van der Waals surface area contributed by atoms with Crippen LogP contribution in [0.25, 0.3) is 0 Å². The summed E-state index contributed by atoms with van der Waals surface area (Å²) >= 11 is 3.05. The number of thioether (sulfide) groups is 1. The monoisotopic (exact) mass is 536 g/mol. The molecule has 2 aromatic carbocycles. The second-order valence-electron chi connectivity index (χ2n) is 8.86. The maximum Gasteiger partial charge on any atom is 0.341 e. The summed E-state index contributed by atoms with van der Waals surface area (Å²) in [5.41, 5.74) is 3.18. The van der Waals surface area contributed by atoms with Crippen LogP contribution in [-0.2, 0) is 27.2 Å². The minimum absolute atomic E-state index is 0.0942. The second-order valence-corrected chi connectivity index (χ2v) is 11.2. The van der Waals surface area contributed by atoms with Gasteiger partial charge < -0.3 is 19.7 Å². The first-order valence-electron chi connectivity index (χ1n) is 12.3. The Morgan fingerprint density at radius 3 is 2.65 bits per heavy atom. The molecule has 2 aliphatic rings. The van der Waals surface area contributed by atoms with Crippen LogP contribution in [0.2, 0.25) is 0 Å². The quantitative estimate of drug-likeness (QED) is 0.394. The van der Waals surface area contributed by atoms with Gasteiger partial charge in [-0.3, -0.25) is 9.59 Å². The fourth-order valence-electron chi connectivity index (χ4n) is 4.78. The van der Waals surface area contributed by atoms with E-state index in [9.17, 15) is 14.4 Å². The fraction of sp³-hybridized carbons (Fsp3) is 0.321. The lowest BCUT2D eigenvalue weighted by molar-refractivity contribution is -0.121. The number of benzene rings is 2. The van der Waals surface area contributed by atoms with Gasteiger partial charge in [-0.15, -0.1) is 23.1 Å². The number of fused-ring (bicyclic) bond motifs is 2. The van der Waals surface area contributed by atoms with E-state index in [0.29, 0.717) is 16.3 Å². The van der Waals surface area contributed by atoms with Crippen molar-refractivity contribution < 1.29 is 23.9 Å². The summed E-state index contributed by atoms with van der Waals surface area (Å²) in [7, 11) is 1.62. The minimum Gasteiger partial charge on any atom is -0.497 e. The maximum atomic E-state index is 13.5. The van der Waals surface area contributed by atoms with Crippen LogP contribution in [0.1, 0.15) is 51.4 Å². The molecule has 0 spiro atoms. The first-order chi connectivity index (χ1) is 18.0. The molecule has 37 heavy (non-hydrogen) atoms. The van der Waals surface area contributed by atoms with Crippen molar-refractivity contribution >= 4 is 51.6 Å². The maximum absolute atomic E-state index is 13.5. The average Bonchev–Trinajstić information content (AvgIpc) is 3.44. The highest BCUT2D eigenvalue weighted by molar-refractivity contribution is 7.99. The molecule has 0 unspecified atom stereocenters. The highest BCUT2D eigenvalue weighted by Crippen LogP contribution is 2.46. The number of anilines is 2. The Morgan fingerprint density at radius 1 is 1.11 bits per heavy atom. The van der Waals surface area contributed by atoms with Gasteiger partial charge in [-0.25, -0.2) is 4.79 Å². The van der Waals surface area contributed by atoms with Gasteiger partial charge in [0, 0.05) is 21.4 Å². The number of para-hydroxylation sites is 1. The van der Waals surface area contributed by atoms with Gasteiger partial charge in [0.25, 0.3) is 0 Å². The third kappa shape index (κ3) is 5.24. The van der Waals surface area contributed by atoms with Crippen LogP contribution in [0.4, 0.5) is 10.7 Å². The number of carbonyl (C=O) groups is 3. The molecule has 1 aliphatic heterocycles. The van der Waals surface area contributed by atoms with E-state index in [1.165, 1.54) is 11.3 Å². The van der Waals surface area contributed by atoms with Crippen molar-refractivity contribution in [3.63, 3.8) is 0 Å². The minimum atomic E-state index is -0.410. The number of amides is 2. The number of ether oxygens (including phenoxy) is 2. The molecule has 0 bridgehead atoms. The molecule has 1 aliphatic carbocycles. The summed E-state index contributed by atoms with van der Waals surface area (Å²) in [4.78, 5) is 43.0. The molecule has 5 rings (SSSR count). The molecule has 2 amide bonds. The third-order valence-corrected chi connectivity index (χ3v) is 9.06. The van der Waals surface area contributed by atoms with Crippen molar-refractivity contribution in [3.8, 4) is 5.75 Å². The smallest absolute Gasteiger partial charge is 0.341 e. The number of aryl methyl sites for hydroxylation is 1. The molecule has 2 heterocycles. The van der Waals surface area contributed by atoms with Gasteiger partial charge in [-0.05, 0) is 61.6 Å². The summed E-state index contributed by atoms with van der Waals surface area (Å²) < 4.78 is 10.5. The largest absolute Gasteiger partial charge is 0.497 e. The summed E-state index contributed by atoms with van der Waals surface area (Å²) in [5.74, 6) is -0.129. The Morgan fingerprint density at radius 2 is 1.89 bits per heavy atom. The van der Waals surface area contributed by atoms with E-state index in [0.717, 1.165) is 45.9 Å². The summed E-state index contributed by atoms with van der Waals surface area (Å²) in [5, 5.41) is 3.33. The van der Waals surface area contributed by atoms with E-state index in [4.69, 9.17) is 9.47 Å². The van der Waals surface area contributed by atoms with Crippen LogP contribution in [0.15, 0.2) is 53.4 Å². The molecule has 1 N–H and O–H groups in total. The molecule has 0 fully saturated rings. The molecule has 192 valence electrons. The number of hydrogen-bond donors (Lipinski definition) is 1. The van der Waals surface area contributed by atoms with Crippen LogP contribution in [0.3, 0.4) is 0 Å². The number of carbonyl (C=O) groups excluding carboxylic acids is 3. The number of nitrogens with zero attached hydrogens (tertiary/aromatic N) is 1. The lowest BCUT2D eigenvalue weighted by Gasteiger charge is -2.22. The number of thiophene rings is 1. The molecule has 1 atom stereocenters. The van der Waals surface area contributed by atoms with Gasteiger partial charge in [0.05, 0.1) is 25.0 Å². The standard InChI is InChI=1S/C28H28N2O5S2/c1-3-35-28(33)26-19-7-6-10-21(19)37-27(26)29-24(31)16-30-20-8-4-5-9-22(20)36-23(15-25(30)32)17-11-13-18(34-2)14-12-17/h4-5,8-9,11-14,23H,3,6-7,10,15-16H2,1-2H3,(H,29,31)/t23-/m0/s1. The van der Waals surface area contributed by atoms with Crippen LogP contribution >= 0.6 is 23.1 Å². The second kappa shape index (κ2) is 11.0. The molecule has 9 heteroatoms. The van der Waals surface area contributed by atoms with E-state index in [1.807, 2.05) is 48.5 Å². The van der Waals surface area contributed by atoms with Gasteiger partial charge >= 0.3 is 5.97 Å². The van der Waals surface area contributed by atoms with Crippen molar-refractivity contribution in [1.82, 2.24) is 0 Å². The Hall–Kier alpha value is -3.30. The third-order valence-electron chi connectivity index (χ3n) is 6.53. The van der Waals surface area contributed by atoms with E-state index >= 15 is 0 Å². The zero-order valence-electron chi connectivity index (χ0n) is 20.7. The number of hydrogen-bond acceptors (Lipinski definition) is 7. The predicted octanol–water partition coefficient (Wildman–Crippen LogP) is 5.63. The molecule has 7 nitrogen and oxygen atoms in total. The zero-order valence-corrected chi connectivity index (χ0v) is 22.4. The SMILES string of the molecule is CCOC(=O)c1c(NC(=O)CN2C(=O)C[C@@H](c3ccc(OC)cc3)Sc3ccccc32)sc2c1CCC2. The van der Waals surface area contributed by atoms with E-state index in [-0.39, 0.29) is 36.6 Å². The van der Waals surface area contributed by atoms with Crippen molar-refractivity contribution in [2.45, 2.75) is 42.8 Å². The first kappa shape index (κ1) is 25.4. The van der Waals surface area contributed by atoms with E-state index < -0.39 is 5.97 Å². The van der Waals surface area contributed by atoms with Crippen LogP contribution in [0.5, 0.6) is 5.75 Å². The number of rotatable bonds is 7. The molecule has 0 saturated carbocycles. The lowest BCUT2D eigenvalue weighted by atomic mass is 10.1. The Balaban J connectivity index is 1.38. The zero-order chi connectivity index (χ0) is 25.9. The van der Waals surface area contributed by atoms with Crippen molar-refractivity contribution in [1.29, 1.82) is 0 Å². The number of nitrogens with one attached hydrogen (secondary N) is 1. The Labute approximate surface area is 224 Å². The molecule has 0 radical (unpaired) electrons. The number of esters is 1. The summed E-state index contributed by atoms with van der Waals surface area (Å²) in [6.45, 7) is 1.89. The van der Waals surface area contributed by atoms with Gasteiger partial charge in [-0.1, -0.05) is 24.3 Å². The van der Waals surface area contributed by atoms with Crippen molar-refractivity contribution in [2.24, 2.45) is 0 Å². The van der Waals surface area contributed by atoms with Crippen LogP contribution < -0.4 is 15.0 Å². The van der Waals surface area contributed by atoms with Gasteiger partial charge in [0.2, 0.25) is 11.8 Å². The van der Waals surface area contributed by atoms with Crippen molar-refractivity contribution in [3.05, 3.63) is 70.1 Å². The lowest BCUT2D eigenvalue weighted by Crippen LogP contribution is -2.38. The van der Waals surface area contributed by atoms with Gasteiger partial charge in [0.15, 0.2) is 0 Å². The van der Waals surface area contributed by atoms with Gasteiger partial charge in [-0.2, -0.15) is 0 Å². The van der Waals surface area contributed by atoms with E-state index in [2.05, 4.69) is 5.32 Å². The molecule has 3 aromatic rings. The molecule has 0 saturated heterocycles. The highest BCUT2D eigenvalue weighted by Gasteiger charge is 2.32. The topological polar surface area (TPSA) is 84.9 Å². The highest BCUT2D eigenvalue weighted by atomic mass is 32.2. The fourth-order valence-corrected chi connectivity index (χ4v) is 7.35. The Bertz CT molecular complexity index is 1330. The average molecular weight is 537 g/mol.